The van der Waals surface area contributed by atoms with Gasteiger partial charge in [0.2, 0.25) is 5.15 Å². The lowest BCUT2D eigenvalue weighted by Crippen LogP contribution is -2.14. The smallest absolute Gasteiger partial charge is 0.312 e. The predicted octanol–water partition coefficient (Wildman–Crippen LogP) is 2.83. The highest BCUT2D eigenvalue weighted by atomic mass is 35.5. The molecule has 0 fully saturated rings. The van der Waals surface area contributed by atoms with E-state index in [1.165, 1.54) is 18.3 Å². The van der Waals surface area contributed by atoms with E-state index >= 15 is 0 Å². The zero-order valence-electron chi connectivity index (χ0n) is 9.66. The van der Waals surface area contributed by atoms with E-state index in [2.05, 4.69) is 10.3 Å². The largest absolute Gasteiger partial charge is 0.319 e. The Balaban J connectivity index is 2.38. The Morgan fingerprint density at radius 2 is 2.30 bits per heavy atom. The lowest BCUT2D eigenvalue weighted by Gasteiger charge is -2.04. The van der Waals surface area contributed by atoms with Crippen molar-refractivity contribution in [3.05, 3.63) is 50.1 Å². The van der Waals surface area contributed by atoms with Gasteiger partial charge >= 0.3 is 5.69 Å². The summed E-state index contributed by atoms with van der Waals surface area (Å²) in [7, 11) is 0. The van der Waals surface area contributed by atoms with Crippen LogP contribution in [0.5, 0.6) is 0 Å². The molecule has 0 aliphatic carbocycles. The van der Waals surface area contributed by atoms with Gasteiger partial charge < -0.3 is 5.32 Å². The lowest BCUT2D eigenvalue weighted by molar-refractivity contribution is -0.385. The highest BCUT2D eigenvalue weighted by Crippen LogP contribution is 2.28. The molecule has 0 unspecified atom stereocenters. The second-order valence-electron chi connectivity index (χ2n) is 3.48. The number of nitro groups is 1. The number of carbonyl (C=O) groups excluding carboxylic acids is 1. The molecule has 7 nitrogen and oxygen atoms in total. The Morgan fingerprint density at radius 1 is 1.55 bits per heavy atom. The molecule has 0 aromatic carbocycles. The standard InChI is InChI=1S/C11H5ClN4O3S/c12-9-8(16(18)19)7(1-3-14-9)10(17)15-11-6(5-13)2-4-20-11/h1-4H,(H,15,17). The van der Waals surface area contributed by atoms with Crippen LogP contribution in [-0.2, 0) is 0 Å². The number of anilines is 1. The average molecular weight is 309 g/mol. The summed E-state index contributed by atoms with van der Waals surface area (Å²) in [5, 5.41) is 23.8. The molecular weight excluding hydrogens is 304 g/mol. The van der Waals surface area contributed by atoms with Crippen molar-refractivity contribution in [2.45, 2.75) is 0 Å². The van der Waals surface area contributed by atoms with Crippen molar-refractivity contribution in [3.63, 3.8) is 0 Å². The summed E-state index contributed by atoms with van der Waals surface area (Å²) in [4.78, 5) is 25.8. The maximum absolute atomic E-state index is 12.1. The normalized spacial score (nSPS) is 9.80. The number of carbonyl (C=O) groups is 1. The predicted molar refractivity (Wildman–Crippen MR) is 72.9 cm³/mol. The van der Waals surface area contributed by atoms with E-state index in [9.17, 15) is 14.9 Å². The summed E-state index contributed by atoms with van der Waals surface area (Å²) in [5.74, 6) is -0.722. The molecule has 100 valence electrons. The van der Waals surface area contributed by atoms with Gasteiger partial charge in [0.15, 0.2) is 0 Å². The summed E-state index contributed by atoms with van der Waals surface area (Å²) in [6.07, 6.45) is 1.20. The quantitative estimate of drug-likeness (QED) is 0.532. The van der Waals surface area contributed by atoms with Crippen molar-refractivity contribution in [1.82, 2.24) is 4.98 Å². The van der Waals surface area contributed by atoms with Gasteiger partial charge in [0.1, 0.15) is 16.6 Å². The van der Waals surface area contributed by atoms with Crippen molar-refractivity contribution in [2.24, 2.45) is 0 Å². The van der Waals surface area contributed by atoms with Gasteiger partial charge in [0.25, 0.3) is 5.91 Å². The van der Waals surface area contributed by atoms with E-state index in [-0.39, 0.29) is 16.3 Å². The van der Waals surface area contributed by atoms with E-state index in [0.717, 1.165) is 11.3 Å². The van der Waals surface area contributed by atoms with Crippen LogP contribution >= 0.6 is 22.9 Å². The molecule has 0 atom stereocenters. The minimum absolute atomic E-state index is 0.215. The van der Waals surface area contributed by atoms with E-state index in [4.69, 9.17) is 16.9 Å². The molecule has 0 spiro atoms. The molecule has 2 aromatic heterocycles. The second-order valence-corrected chi connectivity index (χ2v) is 4.76. The number of hydrogen-bond acceptors (Lipinski definition) is 6. The highest BCUT2D eigenvalue weighted by Gasteiger charge is 2.25. The first-order chi connectivity index (χ1) is 9.54. The van der Waals surface area contributed by atoms with Gasteiger partial charge in [-0.05, 0) is 17.5 Å². The number of amides is 1. The topological polar surface area (TPSA) is 109 Å². The maximum Gasteiger partial charge on any atom is 0.319 e. The van der Waals surface area contributed by atoms with Gasteiger partial charge in [-0.3, -0.25) is 14.9 Å². The van der Waals surface area contributed by atoms with Crippen LogP contribution in [0.4, 0.5) is 10.7 Å². The van der Waals surface area contributed by atoms with Crippen LogP contribution in [0.1, 0.15) is 15.9 Å². The van der Waals surface area contributed by atoms with Crippen LogP contribution in [0.2, 0.25) is 5.15 Å². The molecule has 0 saturated carbocycles. The first-order valence-electron chi connectivity index (χ1n) is 5.12. The number of pyridine rings is 1. The molecule has 2 aromatic rings. The Bertz CT molecular complexity index is 738. The summed E-state index contributed by atoms with van der Waals surface area (Å²) in [5.41, 5.74) is -0.500. The van der Waals surface area contributed by atoms with Crippen LogP contribution in [0.3, 0.4) is 0 Å². The third-order valence-electron chi connectivity index (χ3n) is 2.32. The van der Waals surface area contributed by atoms with Gasteiger partial charge in [-0.1, -0.05) is 11.6 Å². The SMILES string of the molecule is N#Cc1ccsc1NC(=O)c1ccnc(Cl)c1[N+](=O)[O-]. The minimum atomic E-state index is -0.774. The Morgan fingerprint density at radius 3 is 2.95 bits per heavy atom. The minimum Gasteiger partial charge on any atom is -0.312 e. The number of halogens is 1. The molecule has 1 amide bonds. The first-order valence-corrected chi connectivity index (χ1v) is 6.38. The highest BCUT2D eigenvalue weighted by molar-refractivity contribution is 7.14. The van der Waals surface area contributed by atoms with Crippen molar-refractivity contribution in [1.29, 1.82) is 5.26 Å². The first kappa shape index (κ1) is 13.9. The summed E-state index contributed by atoms with van der Waals surface area (Å²) < 4.78 is 0. The van der Waals surface area contributed by atoms with E-state index in [0.29, 0.717) is 5.00 Å². The van der Waals surface area contributed by atoms with Gasteiger partial charge in [0, 0.05) is 6.20 Å². The van der Waals surface area contributed by atoms with Crippen molar-refractivity contribution in [2.75, 3.05) is 5.32 Å². The average Bonchev–Trinajstić information content (AvgIpc) is 2.85. The molecule has 0 saturated heterocycles. The summed E-state index contributed by atoms with van der Waals surface area (Å²) in [6, 6.07) is 4.63. The van der Waals surface area contributed by atoms with E-state index < -0.39 is 16.5 Å². The van der Waals surface area contributed by atoms with Crippen LogP contribution in [0.15, 0.2) is 23.7 Å². The number of thiophene rings is 1. The molecule has 0 aliphatic heterocycles. The number of nitrogens with one attached hydrogen (secondary N) is 1. The molecule has 0 radical (unpaired) electrons. The molecular formula is C11H5ClN4O3S. The zero-order chi connectivity index (χ0) is 14.7. The zero-order valence-corrected chi connectivity index (χ0v) is 11.2. The fraction of sp³-hybridized carbons (Fsp3) is 0. The molecule has 2 rings (SSSR count). The summed E-state index contributed by atoms with van der Waals surface area (Å²) >= 11 is 6.77. The van der Waals surface area contributed by atoms with Crippen LogP contribution in [0, 0.1) is 21.4 Å². The Kier molecular flexibility index (Phi) is 3.93. The number of nitriles is 1. The van der Waals surface area contributed by atoms with Gasteiger partial charge in [0.05, 0.1) is 10.5 Å². The van der Waals surface area contributed by atoms with Crippen LogP contribution < -0.4 is 5.32 Å². The summed E-state index contributed by atoms with van der Waals surface area (Å²) in [6.45, 7) is 0. The third kappa shape index (κ3) is 2.59. The maximum atomic E-state index is 12.1. The van der Waals surface area contributed by atoms with Crippen molar-refractivity contribution >= 4 is 39.5 Å². The Hall–Kier alpha value is -2.50. The van der Waals surface area contributed by atoms with Crippen molar-refractivity contribution < 1.29 is 9.72 Å². The van der Waals surface area contributed by atoms with Crippen LogP contribution in [-0.4, -0.2) is 15.8 Å². The number of nitrogens with zero attached hydrogens (tertiary/aromatic N) is 3. The number of hydrogen-bond donors (Lipinski definition) is 1. The molecule has 0 bridgehead atoms. The second kappa shape index (κ2) is 5.64. The monoisotopic (exact) mass is 308 g/mol. The molecule has 2 heterocycles. The Labute approximate surface area is 121 Å². The third-order valence-corrected chi connectivity index (χ3v) is 3.43. The van der Waals surface area contributed by atoms with Gasteiger partial charge in [-0.2, -0.15) is 5.26 Å². The molecule has 9 heteroatoms. The number of aromatic nitrogens is 1. The number of rotatable bonds is 3. The molecule has 20 heavy (non-hydrogen) atoms. The van der Waals surface area contributed by atoms with E-state index in [1.807, 2.05) is 6.07 Å². The van der Waals surface area contributed by atoms with Crippen LogP contribution in [0.25, 0.3) is 0 Å². The lowest BCUT2D eigenvalue weighted by atomic mass is 10.2. The van der Waals surface area contributed by atoms with Crippen molar-refractivity contribution in [3.8, 4) is 6.07 Å². The van der Waals surface area contributed by atoms with Gasteiger partial charge in [-0.15, -0.1) is 11.3 Å². The fourth-order valence-corrected chi connectivity index (χ4v) is 2.41. The molecule has 1 N–H and O–H groups in total. The fourth-order valence-electron chi connectivity index (χ4n) is 1.45. The van der Waals surface area contributed by atoms with E-state index in [1.54, 1.807) is 5.38 Å². The van der Waals surface area contributed by atoms with Gasteiger partial charge in [-0.25, -0.2) is 4.98 Å². The molecule has 0 aliphatic rings.